The number of ether oxygens (including phenoxy) is 2. The zero-order valence-corrected chi connectivity index (χ0v) is 13.3. The zero-order valence-electron chi connectivity index (χ0n) is 12.5. The predicted octanol–water partition coefficient (Wildman–Crippen LogP) is 2.73. The van der Waals surface area contributed by atoms with Crippen molar-refractivity contribution in [3.05, 3.63) is 46.2 Å². The summed E-state index contributed by atoms with van der Waals surface area (Å²) in [5, 5.41) is 8.67. The van der Waals surface area contributed by atoms with E-state index < -0.39 is 0 Å². The topological polar surface area (TPSA) is 54.9 Å². The lowest BCUT2D eigenvalue weighted by atomic mass is 10.2. The van der Waals surface area contributed by atoms with Crippen molar-refractivity contribution in [2.75, 3.05) is 13.3 Å². The lowest BCUT2D eigenvalue weighted by molar-refractivity contribution is 0.174. The number of hydrogen-bond acceptors (Lipinski definition) is 4. The predicted molar refractivity (Wildman–Crippen MR) is 88.5 cm³/mol. The molecule has 6 heteroatoms. The van der Waals surface area contributed by atoms with Gasteiger partial charge in [0.1, 0.15) is 0 Å². The summed E-state index contributed by atoms with van der Waals surface area (Å²) in [6.07, 6.45) is 0. The van der Waals surface area contributed by atoms with Crippen LogP contribution in [0.25, 0.3) is 0 Å². The third-order valence-corrected chi connectivity index (χ3v) is 4.09. The SMILES string of the molecule is CCNC(=NCc1ccc2c(c1)OCO2)NCc1cccs1. The maximum absolute atomic E-state index is 5.39. The van der Waals surface area contributed by atoms with Gasteiger partial charge in [0.15, 0.2) is 17.5 Å². The summed E-state index contributed by atoms with van der Waals surface area (Å²) in [4.78, 5) is 5.90. The van der Waals surface area contributed by atoms with Gasteiger partial charge in [0.2, 0.25) is 6.79 Å². The van der Waals surface area contributed by atoms with Crippen molar-refractivity contribution < 1.29 is 9.47 Å². The third kappa shape index (κ3) is 3.71. The molecule has 22 heavy (non-hydrogen) atoms. The summed E-state index contributed by atoms with van der Waals surface area (Å²) in [6.45, 7) is 4.56. The minimum Gasteiger partial charge on any atom is -0.454 e. The van der Waals surface area contributed by atoms with Crippen LogP contribution in [-0.4, -0.2) is 19.3 Å². The maximum atomic E-state index is 5.39. The molecule has 0 radical (unpaired) electrons. The monoisotopic (exact) mass is 317 g/mol. The number of thiophene rings is 1. The molecule has 2 aromatic rings. The number of benzene rings is 1. The fourth-order valence-corrected chi connectivity index (χ4v) is 2.78. The van der Waals surface area contributed by atoms with Crippen LogP contribution in [0, 0.1) is 0 Å². The van der Waals surface area contributed by atoms with Crippen LogP contribution in [0.4, 0.5) is 0 Å². The molecule has 5 nitrogen and oxygen atoms in total. The van der Waals surface area contributed by atoms with Crippen molar-refractivity contribution in [1.82, 2.24) is 10.6 Å². The first kappa shape index (κ1) is 14.7. The lowest BCUT2D eigenvalue weighted by Gasteiger charge is -2.10. The van der Waals surface area contributed by atoms with E-state index in [4.69, 9.17) is 9.47 Å². The number of nitrogens with zero attached hydrogens (tertiary/aromatic N) is 1. The van der Waals surface area contributed by atoms with Crippen molar-refractivity contribution in [2.24, 2.45) is 4.99 Å². The van der Waals surface area contributed by atoms with E-state index in [2.05, 4.69) is 40.1 Å². The van der Waals surface area contributed by atoms with Crippen LogP contribution >= 0.6 is 11.3 Å². The van der Waals surface area contributed by atoms with Crippen molar-refractivity contribution >= 4 is 17.3 Å². The highest BCUT2D eigenvalue weighted by Crippen LogP contribution is 2.32. The molecule has 1 aromatic carbocycles. The van der Waals surface area contributed by atoms with E-state index in [0.29, 0.717) is 13.3 Å². The first-order chi connectivity index (χ1) is 10.8. The van der Waals surface area contributed by atoms with Crippen molar-refractivity contribution in [2.45, 2.75) is 20.0 Å². The van der Waals surface area contributed by atoms with Crippen LogP contribution in [0.3, 0.4) is 0 Å². The minimum atomic E-state index is 0.299. The highest BCUT2D eigenvalue weighted by atomic mass is 32.1. The van der Waals surface area contributed by atoms with Gasteiger partial charge in [-0.25, -0.2) is 4.99 Å². The molecule has 0 atom stereocenters. The lowest BCUT2D eigenvalue weighted by Crippen LogP contribution is -2.36. The zero-order chi connectivity index (χ0) is 15.2. The van der Waals surface area contributed by atoms with Crippen LogP contribution in [0.5, 0.6) is 11.5 Å². The van der Waals surface area contributed by atoms with Crippen molar-refractivity contribution in [1.29, 1.82) is 0 Å². The summed E-state index contributed by atoms with van der Waals surface area (Å²) in [7, 11) is 0. The number of aliphatic imine (C=N–C) groups is 1. The largest absolute Gasteiger partial charge is 0.454 e. The van der Waals surface area contributed by atoms with Crippen molar-refractivity contribution in [3.63, 3.8) is 0 Å². The van der Waals surface area contributed by atoms with Crippen LogP contribution in [0.2, 0.25) is 0 Å². The quantitative estimate of drug-likeness (QED) is 0.658. The summed E-state index contributed by atoms with van der Waals surface area (Å²) < 4.78 is 10.7. The van der Waals surface area contributed by atoms with E-state index in [0.717, 1.165) is 36.1 Å². The fraction of sp³-hybridized carbons (Fsp3) is 0.312. The van der Waals surface area contributed by atoms with Gasteiger partial charge in [0, 0.05) is 11.4 Å². The Labute approximate surface area is 134 Å². The second-order valence-electron chi connectivity index (χ2n) is 4.82. The first-order valence-corrected chi connectivity index (χ1v) is 8.16. The Bertz CT molecular complexity index is 641. The Morgan fingerprint density at radius 2 is 2.14 bits per heavy atom. The third-order valence-electron chi connectivity index (χ3n) is 3.21. The van der Waals surface area contributed by atoms with Gasteiger partial charge < -0.3 is 20.1 Å². The van der Waals surface area contributed by atoms with Gasteiger partial charge in [0.05, 0.1) is 13.1 Å². The van der Waals surface area contributed by atoms with Gasteiger partial charge in [-0.05, 0) is 36.1 Å². The molecule has 116 valence electrons. The molecule has 0 unspecified atom stereocenters. The second kappa shape index (κ2) is 7.17. The molecule has 0 fully saturated rings. The van der Waals surface area contributed by atoms with Crippen molar-refractivity contribution in [3.8, 4) is 11.5 Å². The van der Waals surface area contributed by atoms with Crippen LogP contribution in [0.15, 0.2) is 40.7 Å². The van der Waals surface area contributed by atoms with E-state index in [1.165, 1.54) is 4.88 Å². The average molecular weight is 317 g/mol. The number of nitrogens with one attached hydrogen (secondary N) is 2. The van der Waals surface area contributed by atoms with E-state index in [9.17, 15) is 0 Å². The Balaban J connectivity index is 1.62. The first-order valence-electron chi connectivity index (χ1n) is 7.28. The van der Waals surface area contributed by atoms with E-state index in [-0.39, 0.29) is 0 Å². The molecule has 0 bridgehead atoms. The molecule has 3 rings (SSSR count). The molecule has 0 aliphatic carbocycles. The Hall–Kier alpha value is -2.21. The van der Waals surface area contributed by atoms with Crippen LogP contribution in [-0.2, 0) is 13.1 Å². The smallest absolute Gasteiger partial charge is 0.231 e. The summed E-state index contributed by atoms with van der Waals surface area (Å²) in [5.41, 5.74) is 1.09. The summed E-state index contributed by atoms with van der Waals surface area (Å²) >= 11 is 1.74. The molecule has 0 saturated heterocycles. The average Bonchev–Trinajstić information content (AvgIpc) is 3.20. The molecule has 1 aliphatic rings. The minimum absolute atomic E-state index is 0.299. The Morgan fingerprint density at radius 3 is 2.95 bits per heavy atom. The Morgan fingerprint density at radius 1 is 1.23 bits per heavy atom. The molecule has 0 saturated carbocycles. The van der Waals surface area contributed by atoms with Crippen LogP contribution < -0.4 is 20.1 Å². The van der Waals surface area contributed by atoms with E-state index in [1.54, 1.807) is 11.3 Å². The van der Waals surface area contributed by atoms with Gasteiger partial charge in [-0.15, -0.1) is 11.3 Å². The molecular weight excluding hydrogens is 298 g/mol. The molecule has 1 aliphatic heterocycles. The maximum Gasteiger partial charge on any atom is 0.231 e. The molecule has 0 spiro atoms. The summed E-state index contributed by atoms with van der Waals surface area (Å²) in [5.74, 6) is 2.41. The molecule has 2 N–H and O–H groups in total. The fourth-order valence-electron chi connectivity index (χ4n) is 2.14. The number of guanidine groups is 1. The second-order valence-corrected chi connectivity index (χ2v) is 5.85. The van der Waals surface area contributed by atoms with Gasteiger partial charge in [-0.2, -0.15) is 0 Å². The van der Waals surface area contributed by atoms with E-state index in [1.807, 2.05) is 18.2 Å². The van der Waals surface area contributed by atoms with Crippen LogP contribution in [0.1, 0.15) is 17.4 Å². The molecule has 1 aromatic heterocycles. The number of rotatable bonds is 5. The number of fused-ring (bicyclic) bond motifs is 1. The molecule has 0 amide bonds. The molecular formula is C16H19N3O2S. The standard InChI is InChI=1S/C16H19N3O2S/c1-2-17-16(19-10-13-4-3-7-22-13)18-9-12-5-6-14-15(8-12)21-11-20-14/h3-8H,2,9-11H2,1H3,(H2,17,18,19). The number of hydrogen-bond donors (Lipinski definition) is 2. The van der Waals surface area contributed by atoms with Gasteiger partial charge in [-0.3, -0.25) is 0 Å². The normalized spacial score (nSPS) is 13.2. The Kier molecular flexibility index (Phi) is 4.80. The molecule has 2 heterocycles. The highest BCUT2D eigenvalue weighted by molar-refractivity contribution is 7.09. The van der Waals surface area contributed by atoms with E-state index >= 15 is 0 Å². The van der Waals surface area contributed by atoms with Gasteiger partial charge in [0.25, 0.3) is 0 Å². The van der Waals surface area contributed by atoms with Gasteiger partial charge in [-0.1, -0.05) is 12.1 Å². The summed E-state index contributed by atoms with van der Waals surface area (Å²) in [6, 6.07) is 10.1. The van der Waals surface area contributed by atoms with Gasteiger partial charge >= 0.3 is 0 Å². The highest BCUT2D eigenvalue weighted by Gasteiger charge is 2.12.